The highest BCUT2D eigenvalue weighted by molar-refractivity contribution is 5.78. The molecule has 1 aliphatic heterocycles. The van der Waals surface area contributed by atoms with E-state index in [1.54, 1.807) is 0 Å². The van der Waals surface area contributed by atoms with Gasteiger partial charge in [-0.3, -0.25) is 0 Å². The summed E-state index contributed by atoms with van der Waals surface area (Å²) in [4.78, 5) is 6.39. The van der Waals surface area contributed by atoms with Gasteiger partial charge in [0.15, 0.2) is 5.96 Å². The van der Waals surface area contributed by atoms with Gasteiger partial charge in [-0.05, 0) is 20.8 Å². The van der Waals surface area contributed by atoms with Crippen LogP contribution < -0.4 is 5.73 Å². The minimum absolute atomic E-state index is 0.246. The van der Waals surface area contributed by atoms with Crippen molar-refractivity contribution in [1.29, 1.82) is 0 Å². The van der Waals surface area contributed by atoms with Crippen LogP contribution in [0.3, 0.4) is 0 Å². The first-order valence-electron chi connectivity index (χ1n) is 5.39. The fraction of sp³-hybridized carbons (Fsp3) is 0.727. The molecule has 4 heteroatoms. The van der Waals surface area contributed by atoms with Crippen LogP contribution in [0.15, 0.2) is 16.6 Å². The SMILES string of the molecule is CC(C)=CCN=C(N)N1CCOC(C)C1. The largest absolute Gasteiger partial charge is 0.375 e. The Labute approximate surface area is 91.8 Å². The van der Waals surface area contributed by atoms with Crippen LogP contribution in [0, 0.1) is 0 Å². The molecule has 1 fully saturated rings. The third kappa shape index (κ3) is 4.34. The minimum atomic E-state index is 0.246. The first-order valence-corrected chi connectivity index (χ1v) is 5.39. The summed E-state index contributed by atoms with van der Waals surface area (Å²) in [6, 6.07) is 0. The first kappa shape index (κ1) is 12.0. The predicted molar refractivity (Wildman–Crippen MR) is 62.9 cm³/mol. The highest BCUT2D eigenvalue weighted by Crippen LogP contribution is 2.03. The fourth-order valence-electron chi connectivity index (χ4n) is 1.45. The Kier molecular flexibility index (Phi) is 4.62. The number of nitrogens with zero attached hydrogens (tertiary/aromatic N) is 2. The Hall–Kier alpha value is -1.03. The smallest absolute Gasteiger partial charge is 0.191 e. The van der Waals surface area contributed by atoms with Crippen molar-refractivity contribution >= 4 is 5.96 Å². The summed E-state index contributed by atoms with van der Waals surface area (Å²) in [6.45, 7) is 9.25. The van der Waals surface area contributed by atoms with Gasteiger partial charge in [-0.25, -0.2) is 4.99 Å². The van der Waals surface area contributed by atoms with Crippen LogP contribution in [0.1, 0.15) is 20.8 Å². The monoisotopic (exact) mass is 211 g/mol. The van der Waals surface area contributed by atoms with Gasteiger partial charge in [-0.15, -0.1) is 0 Å². The number of rotatable bonds is 2. The molecule has 4 nitrogen and oxygen atoms in total. The van der Waals surface area contributed by atoms with Crippen LogP contribution in [0.25, 0.3) is 0 Å². The molecule has 0 aromatic rings. The second-order valence-corrected chi connectivity index (χ2v) is 4.11. The molecule has 1 atom stereocenters. The molecule has 0 saturated carbocycles. The zero-order valence-corrected chi connectivity index (χ0v) is 9.86. The molecule has 1 rings (SSSR count). The van der Waals surface area contributed by atoms with Crippen molar-refractivity contribution in [3.05, 3.63) is 11.6 Å². The zero-order chi connectivity index (χ0) is 11.3. The molecule has 1 saturated heterocycles. The molecule has 0 bridgehead atoms. The number of guanidine groups is 1. The van der Waals surface area contributed by atoms with Crippen molar-refractivity contribution in [1.82, 2.24) is 4.90 Å². The molecule has 86 valence electrons. The molecule has 0 spiro atoms. The van der Waals surface area contributed by atoms with Crippen molar-refractivity contribution in [2.45, 2.75) is 26.9 Å². The Morgan fingerprint density at radius 1 is 1.60 bits per heavy atom. The van der Waals surface area contributed by atoms with Crippen LogP contribution >= 0.6 is 0 Å². The third-order valence-corrected chi connectivity index (χ3v) is 2.32. The maximum absolute atomic E-state index is 5.89. The Balaban J connectivity index is 2.44. The van der Waals surface area contributed by atoms with Crippen molar-refractivity contribution in [3.8, 4) is 0 Å². The molecule has 0 aromatic heterocycles. The molecule has 0 aromatic carbocycles. The van der Waals surface area contributed by atoms with Gasteiger partial charge in [-0.1, -0.05) is 11.6 Å². The predicted octanol–water partition coefficient (Wildman–Crippen LogP) is 0.988. The van der Waals surface area contributed by atoms with Crippen molar-refractivity contribution in [2.75, 3.05) is 26.2 Å². The number of aliphatic imine (C=N–C) groups is 1. The van der Waals surface area contributed by atoms with E-state index in [4.69, 9.17) is 10.5 Å². The van der Waals surface area contributed by atoms with Crippen molar-refractivity contribution < 1.29 is 4.74 Å². The topological polar surface area (TPSA) is 50.8 Å². The van der Waals surface area contributed by atoms with E-state index in [9.17, 15) is 0 Å². The lowest BCUT2D eigenvalue weighted by Gasteiger charge is -2.31. The van der Waals surface area contributed by atoms with Crippen molar-refractivity contribution in [2.24, 2.45) is 10.7 Å². The second-order valence-electron chi connectivity index (χ2n) is 4.11. The summed E-state index contributed by atoms with van der Waals surface area (Å²) in [5.74, 6) is 0.627. The summed E-state index contributed by atoms with van der Waals surface area (Å²) in [6.07, 6.45) is 2.31. The Bertz CT molecular complexity index is 257. The number of hydrogen-bond acceptors (Lipinski definition) is 2. The lowest BCUT2D eigenvalue weighted by atomic mass is 10.3. The van der Waals surface area contributed by atoms with E-state index in [1.807, 2.05) is 0 Å². The Morgan fingerprint density at radius 3 is 2.93 bits per heavy atom. The molecule has 0 amide bonds. The Morgan fingerprint density at radius 2 is 2.33 bits per heavy atom. The van der Waals surface area contributed by atoms with E-state index >= 15 is 0 Å². The van der Waals surface area contributed by atoms with E-state index in [0.717, 1.165) is 19.7 Å². The van der Waals surface area contributed by atoms with Gasteiger partial charge in [0, 0.05) is 13.1 Å². The minimum Gasteiger partial charge on any atom is -0.375 e. The molecule has 2 N–H and O–H groups in total. The van der Waals surface area contributed by atoms with E-state index in [1.165, 1.54) is 5.57 Å². The summed E-state index contributed by atoms with van der Waals surface area (Å²) >= 11 is 0. The number of allylic oxidation sites excluding steroid dienone is 1. The van der Waals surface area contributed by atoms with Gasteiger partial charge >= 0.3 is 0 Å². The van der Waals surface area contributed by atoms with Crippen LogP contribution in [0.4, 0.5) is 0 Å². The van der Waals surface area contributed by atoms with Crippen molar-refractivity contribution in [3.63, 3.8) is 0 Å². The van der Waals surface area contributed by atoms with E-state index < -0.39 is 0 Å². The highest BCUT2D eigenvalue weighted by Gasteiger charge is 2.17. The normalized spacial score (nSPS) is 22.7. The summed E-state index contributed by atoms with van der Waals surface area (Å²) < 4.78 is 5.44. The quantitative estimate of drug-likeness (QED) is 0.421. The van der Waals surface area contributed by atoms with Crippen LogP contribution in [-0.4, -0.2) is 43.2 Å². The average molecular weight is 211 g/mol. The standard InChI is InChI=1S/C11H21N3O/c1-9(2)4-5-13-11(12)14-6-7-15-10(3)8-14/h4,10H,5-8H2,1-3H3,(H2,12,13). The lowest BCUT2D eigenvalue weighted by molar-refractivity contribution is 0.00532. The average Bonchev–Trinajstić information content (AvgIpc) is 2.17. The first-order chi connectivity index (χ1) is 7.09. The summed E-state index contributed by atoms with van der Waals surface area (Å²) in [5, 5.41) is 0. The summed E-state index contributed by atoms with van der Waals surface area (Å²) in [7, 11) is 0. The van der Waals surface area contributed by atoms with E-state index in [0.29, 0.717) is 12.5 Å². The van der Waals surface area contributed by atoms with Crippen LogP contribution in [-0.2, 0) is 4.74 Å². The molecule has 1 unspecified atom stereocenters. The van der Waals surface area contributed by atoms with Gasteiger partial charge < -0.3 is 15.4 Å². The molecule has 15 heavy (non-hydrogen) atoms. The number of hydrogen-bond donors (Lipinski definition) is 1. The molecular weight excluding hydrogens is 190 g/mol. The molecule has 0 radical (unpaired) electrons. The molecule has 1 aliphatic rings. The van der Waals surface area contributed by atoms with Gasteiger partial charge in [0.05, 0.1) is 19.3 Å². The summed E-state index contributed by atoms with van der Waals surface area (Å²) in [5.41, 5.74) is 7.15. The molecular formula is C11H21N3O. The number of nitrogens with two attached hydrogens (primary N) is 1. The fourth-order valence-corrected chi connectivity index (χ4v) is 1.45. The van der Waals surface area contributed by atoms with Gasteiger partial charge in [0.1, 0.15) is 0 Å². The third-order valence-electron chi connectivity index (χ3n) is 2.32. The van der Waals surface area contributed by atoms with E-state index in [-0.39, 0.29) is 6.10 Å². The second kappa shape index (κ2) is 5.75. The molecule has 1 heterocycles. The van der Waals surface area contributed by atoms with Gasteiger partial charge in [0.25, 0.3) is 0 Å². The van der Waals surface area contributed by atoms with Gasteiger partial charge in [0.2, 0.25) is 0 Å². The highest BCUT2D eigenvalue weighted by atomic mass is 16.5. The van der Waals surface area contributed by atoms with E-state index in [2.05, 4.69) is 36.7 Å². The van der Waals surface area contributed by atoms with Gasteiger partial charge in [-0.2, -0.15) is 0 Å². The van der Waals surface area contributed by atoms with Crippen LogP contribution in [0.5, 0.6) is 0 Å². The maximum atomic E-state index is 5.89. The number of morpholine rings is 1. The van der Waals surface area contributed by atoms with Crippen LogP contribution in [0.2, 0.25) is 0 Å². The maximum Gasteiger partial charge on any atom is 0.191 e. The lowest BCUT2D eigenvalue weighted by Crippen LogP contribution is -2.47. The number of ether oxygens (including phenoxy) is 1. The molecule has 0 aliphatic carbocycles. The zero-order valence-electron chi connectivity index (χ0n) is 9.86.